The molecular formula is C13H14N2O2. The van der Waals surface area contributed by atoms with Gasteiger partial charge in [-0.3, -0.25) is 0 Å². The highest BCUT2D eigenvalue weighted by atomic mass is 16.4. The first kappa shape index (κ1) is 10.4. The van der Waals surface area contributed by atoms with Gasteiger partial charge in [-0.05, 0) is 36.7 Å². The number of nitrogens with zero attached hydrogens (tertiary/aromatic N) is 1. The number of aromatic carboxylic acids is 1. The van der Waals surface area contributed by atoms with Crippen LogP contribution in [0, 0.1) is 0 Å². The lowest BCUT2D eigenvalue weighted by Gasteiger charge is -2.24. The van der Waals surface area contributed by atoms with E-state index in [1.54, 1.807) is 6.20 Å². The van der Waals surface area contributed by atoms with Crippen LogP contribution < -0.4 is 0 Å². The first-order valence-corrected chi connectivity index (χ1v) is 5.70. The number of fused-ring (bicyclic) bond motifs is 2. The van der Waals surface area contributed by atoms with Crippen molar-refractivity contribution in [2.45, 2.75) is 13.0 Å². The maximum Gasteiger partial charge on any atom is 0.337 e. The second-order valence-corrected chi connectivity index (χ2v) is 4.66. The van der Waals surface area contributed by atoms with Gasteiger partial charge in [-0.2, -0.15) is 0 Å². The van der Waals surface area contributed by atoms with Crippen LogP contribution in [0.3, 0.4) is 0 Å². The second kappa shape index (κ2) is 3.60. The van der Waals surface area contributed by atoms with Crippen LogP contribution in [0.1, 0.15) is 21.5 Å². The molecule has 0 radical (unpaired) electrons. The highest BCUT2D eigenvalue weighted by Crippen LogP contribution is 2.26. The Bertz CT molecular complexity index is 601. The van der Waals surface area contributed by atoms with E-state index < -0.39 is 5.97 Å². The lowest BCUT2D eigenvalue weighted by molar-refractivity contribution is 0.0699. The van der Waals surface area contributed by atoms with Crippen LogP contribution >= 0.6 is 0 Å². The van der Waals surface area contributed by atoms with Gasteiger partial charge >= 0.3 is 5.97 Å². The number of rotatable bonds is 1. The van der Waals surface area contributed by atoms with E-state index in [0.717, 1.165) is 30.4 Å². The van der Waals surface area contributed by atoms with Crippen LogP contribution in [0.25, 0.3) is 10.9 Å². The summed E-state index contributed by atoms with van der Waals surface area (Å²) >= 11 is 0. The fourth-order valence-corrected chi connectivity index (χ4v) is 2.50. The highest BCUT2D eigenvalue weighted by molar-refractivity contribution is 6.03. The maximum absolute atomic E-state index is 11.1. The number of likely N-dealkylation sites (N-methyl/N-ethyl adjacent to an activating group) is 1. The average molecular weight is 230 g/mol. The van der Waals surface area contributed by atoms with E-state index in [4.69, 9.17) is 5.11 Å². The zero-order valence-corrected chi connectivity index (χ0v) is 9.66. The lowest BCUT2D eigenvalue weighted by Crippen LogP contribution is -2.26. The predicted molar refractivity (Wildman–Crippen MR) is 65.3 cm³/mol. The molecule has 1 aliphatic heterocycles. The minimum atomic E-state index is -0.871. The molecule has 0 spiro atoms. The molecule has 2 aromatic rings. The van der Waals surface area contributed by atoms with Crippen LogP contribution in [0.2, 0.25) is 0 Å². The van der Waals surface area contributed by atoms with Crippen LogP contribution in [-0.2, 0) is 13.0 Å². The third-order valence-corrected chi connectivity index (χ3v) is 3.44. The third-order valence-electron chi connectivity index (χ3n) is 3.44. The van der Waals surface area contributed by atoms with E-state index in [-0.39, 0.29) is 0 Å². The lowest BCUT2D eigenvalue weighted by atomic mass is 9.97. The van der Waals surface area contributed by atoms with E-state index in [9.17, 15) is 4.79 Å². The molecule has 0 unspecified atom stereocenters. The van der Waals surface area contributed by atoms with Gasteiger partial charge in [0.2, 0.25) is 0 Å². The quantitative estimate of drug-likeness (QED) is 0.786. The molecule has 0 bridgehead atoms. The van der Waals surface area contributed by atoms with Gasteiger partial charge in [-0.1, -0.05) is 0 Å². The summed E-state index contributed by atoms with van der Waals surface area (Å²) in [6.45, 7) is 1.97. The zero-order chi connectivity index (χ0) is 12.0. The zero-order valence-electron chi connectivity index (χ0n) is 9.66. The minimum absolute atomic E-state index is 0.363. The summed E-state index contributed by atoms with van der Waals surface area (Å²) in [6, 6.07) is 4.10. The summed E-state index contributed by atoms with van der Waals surface area (Å²) in [5, 5.41) is 9.91. The molecule has 17 heavy (non-hydrogen) atoms. The van der Waals surface area contributed by atoms with E-state index >= 15 is 0 Å². The molecule has 0 amide bonds. The number of benzene rings is 1. The van der Waals surface area contributed by atoms with Gasteiger partial charge in [0, 0.05) is 30.2 Å². The Kier molecular flexibility index (Phi) is 2.19. The van der Waals surface area contributed by atoms with Crippen LogP contribution in [0.4, 0.5) is 0 Å². The van der Waals surface area contributed by atoms with Crippen molar-refractivity contribution in [3.8, 4) is 0 Å². The minimum Gasteiger partial charge on any atom is -0.478 e. The monoisotopic (exact) mass is 230 g/mol. The average Bonchev–Trinajstić information content (AvgIpc) is 2.68. The summed E-state index contributed by atoms with van der Waals surface area (Å²) in [6.07, 6.45) is 2.56. The standard InChI is InChI=1S/C13H14N2O2/c1-15-3-2-8-4-10-11(13(16)17)6-14-12(10)5-9(8)7-15/h4-6,14H,2-3,7H2,1H3,(H,16,17). The first-order valence-electron chi connectivity index (χ1n) is 5.70. The molecule has 1 aromatic carbocycles. The number of carboxylic acid groups (broad SMARTS) is 1. The van der Waals surface area contributed by atoms with Gasteiger partial charge in [0.15, 0.2) is 0 Å². The summed E-state index contributed by atoms with van der Waals surface area (Å²) in [7, 11) is 2.10. The number of H-pyrrole nitrogens is 1. The summed E-state index contributed by atoms with van der Waals surface area (Å²) < 4.78 is 0. The highest BCUT2D eigenvalue weighted by Gasteiger charge is 2.17. The molecule has 4 nitrogen and oxygen atoms in total. The summed E-state index contributed by atoms with van der Waals surface area (Å²) in [5.41, 5.74) is 3.85. The van der Waals surface area contributed by atoms with Gasteiger partial charge in [0.05, 0.1) is 5.56 Å². The topological polar surface area (TPSA) is 56.3 Å². The predicted octanol–water partition coefficient (Wildman–Crippen LogP) is 1.85. The van der Waals surface area contributed by atoms with Crippen molar-refractivity contribution in [3.63, 3.8) is 0 Å². The van der Waals surface area contributed by atoms with Gasteiger partial charge in [-0.25, -0.2) is 4.79 Å². The van der Waals surface area contributed by atoms with E-state index in [2.05, 4.69) is 23.0 Å². The van der Waals surface area contributed by atoms with Gasteiger partial charge < -0.3 is 15.0 Å². The molecule has 0 aliphatic carbocycles. The number of hydrogen-bond acceptors (Lipinski definition) is 2. The van der Waals surface area contributed by atoms with Crippen LogP contribution in [0.5, 0.6) is 0 Å². The van der Waals surface area contributed by atoms with Crippen LogP contribution in [-0.4, -0.2) is 34.6 Å². The largest absolute Gasteiger partial charge is 0.478 e. The van der Waals surface area contributed by atoms with Crippen molar-refractivity contribution in [2.75, 3.05) is 13.6 Å². The van der Waals surface area contributed by atoms with Crippen molar-refractivity contribution in [2.24, 2.45) is 0 Å². The van der Waals surface area contributed by atoms with Crippen molar-refractivity contribution in [1.29, 1.82) is 0 Å². The fraction of sp³-hybridized carbons (Fsp3) is 0.308. The number of nitrogens with one attached hydrogen (secondary N) is 1. The number of aromatic amines is 1. The molecule has 0 atom stereocenters. The Labute approximate surface area is 98.9 Å². The van der Waals surface area contributed by atoms with E-state index in [0.29, 0.717) is 5.56 Å². The Morgan fingerprint density at radius 2 is 2.24 bits per heavy atom. The van der Waals surface area contributed by atoms with E-state index in [1.807, 2.05) is 6.07 Å². The fourth-order valence-electron chi connectivity index (χ4n) is 2.50. The Morgan fingerprint density at radius 3 is 3.00 bits per heavy atom. The second-order valence-electron chi connectivity index (χ2n) is 4.66. The van der Waals surface area contributed by atoms with Gasteiger partial charge in [0.1, 0.15) is 0 Å². The number of hydrogen-bond donors (Lipinski definition) is 2. The molecule has 1 aliphatic rings. The van der Waals surface area contributed by atoms with Crippen molar-refractivity contribution in [3.05, 3.63) is 35.0 Å². The van der Waals surface area contributed by atoms with Crippen molar-refractivity contribution < 1.29 is 9.90 Å². The molecule has 1 aromatic heterocycles. The number of carboxylic acids is 1. The van der Waals surface area contributed by atoms with Gasteiger partial charge in [-0.15, -0.1) is 0 Å². The Balaban J connectivity index is 2.19. The SMILES string of the molecule is CN1CCc2cc3c(C(=O)O)c[nH]c3cc2C1. The summed E-state index contributed by atoms with van der Waals surface area (Å²) in [5.74, 6) is -0.871. The molecule has 2 N–H and O–H groups in total. The normalized spacial score (nSPS) is 16.1. The smallest absolute Gasteiger partial charge is 0.337 e. The van der Waals surface area contributed by atoms with Crippen molar-refractivity contribution in [1.82, 2.24) is 9.88 Å². The molecule has 0 saturated carbocycles. The van der Waals surface area contributed by atoms with Crippen LogP contribution in [0.15, 0.2) is 18.3 Å². The maximum atomic E-state index is 11.1. The third kappa shape index (κ3) is 1.61. The Morgan fingerprint density at radius 1 is 1.41 bits per heavy atom. The number of carbonyl (C=O) groups is 1. The number of aromatic nitrogens is 1. The van der Waals surface area contributed by atoms with Gasteiger partial charge in [0.25, 0.3) is 0 Å². The van der Waals surface area contributed by atoms with E-state index in [1.165, 1.54) is 11.1 Å². The molecule has 0 saturated heterocycles. The molecule has 0 fully saturated rings. The molecular weight excluding hydrogens is 216 g/mol. The molecule has 3 rings (SSSR count). The molecule has 4 heteroatoms. The van der Waals surface area contributed by atoms with Crippen molar-refractivity contribution >= 4 is 16.9 Å². The Hall–Kier alpha value is -1.81. The first-order chi connectivity index (χ1) is 8.15. The molecule has 2 heterocycles. The molecule has 88 valence electrons. The summed E-state index contributed by atoms with van der Waals surface area (Å²) in [4.78, 5) is 16.4.